The third-order valence-electron chi connectivity index (χ3n) is 4.62. The number of ether oxygens (including phenoxy) is 1. The van der Waals surface area contributed by atoms with E-state index in [0.29, 0.717) is 12.5 Å². The van der Waals surface area contributed by atoms with Gasteiger partial charge in [-0.1, -0.05) is 33.1 Å². The second kappa shape index (κ2) is 16.1. The molecule has 8 heteroatoms. The van der Waals surface area contributed by atoms with Crippen molar-refractivity contribution in [3.8, 4) is 0 Å². The van der Waals surface area contributed by atoms with E-state index in [0.717, 1.165) is 50.3 Å². The van der Waals surface area contributed by atoms with E-state index in [4.69, 9.17) is 9.73 Å². The Morgan fingerprint density at radius 2 is 1.96 bits per heavy atom. The number of aliphatic imine (C=N–C) groups is 1. The van der Waals surface area contributed by atoms with Crippen LogP contribution in [0, 0.1) is 12.8 Å². The molecule has 1 unspecified atom stereocenters. The molecule has 0 saturated heterocycles. The molecule has 0 aliphatic carbocycles. The number of halogens is 1. The highest BCUT2D eigenvalue weighted by Crippen LogP contribution is 2.11. The van der Waals surface area contributed by atoms with Gasteiger partial charge in [0, 0.05) is 33.4 Å². The molecule has 1 heterocycles. The number of unbranched alkanes of at least 4 members (excludes halogenated alkanes) is 1. The zero-order valence-corrected chi connectivity index (χ0v) is 20.1. The summed E-state index contributed by atoms with van der Waals surface area (Å²) in [4.78, 5) is 4.70. The first-order valence-corrected chi connectivity index (χ1v) is 10.1. The minimum Gasteiger partial charge on any atom is -0.382 e. The normalized spacial score (nSPS) is 12.6. The summed E-state index contributed by atoms with van der Waals surface area (Å²) in [6.07, 6.45) is 5.95. The predicted molar refractivity (Wildman–Crippen MR) is 123 cm³/mol. The van der Waals surface area contributed by atoms with E-state index in [1.54, 1.807) is 0 Å². The Bertz CT molecular complexity index is 520. The van der Waals surface area contributed by atoms with Gasteiger partial charge in [-0.3, -0.25) is 0 Å². The molecule has 0 bridgehead atoms. The first-order valence-electron chi connectivity index (χ1n) is 10.1. The van der Waals surface area contributed by atoms with Gasteiger partial charge in [0.15, 0.2) is 11.8 Å². The zero-order chi connectivity index (χ0) is 19.2. The summed E-state index contributed by atoms with van der Waals surface area (Å²) >= 11 is 0. The maximum Gasteiger partial charge on any atom is 0.191 e. The van der Waals surface area contributed by atoms with Crippen LogP contribution in [-0.4, -0.2) is 47.0 Å². The van der Waals surface area contributed by atoms with Crippen LogP contribution in [0.1, 0.15) is 64.5 Å². The predicted octanol–water partition coefficient (Wildman–Crippen LogP) is 3.42. The van der Waals surface area contributed by atoms with Crippen LogP contribution in [-0.2, 0) is 18.3 Å². The molecular formula is C19H39IN6O. The highest BCUT2D eigenvalue weighted by molar-refractivity contribution is 14.0. The van der Waals surface area contributed by atoms with Gasteiger partial charge in [0.25, 0.3) is 0 Å². The van der Waals surface area contributed by atoms with Crippen molar-refractivity contribution < 1.29 is 4.74 Å². The number of aryl methyl sites for hydroxylation is 1. The Kier molecular flexibility index (Phi) is 15.6. The lowest BCUT2D eigenvalue weighted by atomic mass is 9.99. The summed E-state index contributed by atoms with van der Waals surface area (Å²) in [6.45, 7) is 12.3. The lowest BCUT2D eigenvalue weighted by Crippen LogP contribution is -2.40. The fraction of sp³-hybridized carbons (Fsp3) is 0.842. The third-order valence-corrected chi connectivity index (χ3v) is 4.62. The van der Waals surface area contributed by atoms with Crippen LogP contribution < -0.4 is 10.6 Å². The van der Waals surface area contributed by atoms with E-state index < -0.39 is 0 Å². The lowest BCUT2D eigenvalue weighted by Gasteiger charge is -2.18. The largest absolute Gasteiger partial charge is 0.382 e. The topological polar surface area (TPSA) is 76.4 Å². The zero-order valence-electron chi connectivity index (χ0n) is 17.8. The summed E-state index contributed by atoms with van der Waals surface area (Å²) in [5.74, 6) is 3.30. The third kappa shape index (κ3) is 10.9. The number of hydrogen-bond acceptors (Lipinski definition) is 4. The summed E-state index contributed by atoms with van der Waals surface area (Å²) in [5, 5.41) is 15.2. The molecule has 1 aromatic heterocycles. The van der Waals surface area contributed by atoms with Gasteiger partial charge < -0.3 is 19.9 Å². The van der Waals surface area contributed by atoms with Gasteiger partial charge in [0.2, 0.25) is 0 Å². The first kappa shape index (κ1) is 26.1. The second-order valence-corrected chi connectivity index (χ2v) is 6.66. The molecule has 0 aromatic carbocycles. The first-order chi connectivity index (χ1) is 12.6. The van der Waals surface area contributed by atoms with Crippen molar-refractivity contribution >= 4 is 29.9 Å². The summed E-state index contributed by atoms with van der Waals surface area (Å²) in [6, 6.07) is 0. The highest BCUT2D eigenvalue weighted by atomic mass is 127. The number of guanidine groups is 1. The van der Waals surface area contributed by atoms with Crippen LogP contribution in [0.25, 0.3) is 0 Å². The Balaban J connectivity index is 0.00000676. The Morgan fingerprint density at radius 3 is 2.56 bits per heavy atom. The summed E-state index contributed by atoms with van der Waals surface area (Å²) in [5.41, 5.74) is 0. The number of hydrogen-bond donors (Lipinski definition) is 2. The fourth-order valence-corrected chi connectivity index (χ4v) is 2.62. The molecule has 0 aliphatic rings. The van der Waals surface area contributed by atoms with Gasteiger partial charge >= 0.3 is 0 Å². The number of nitrogens with one attached hydrogen (secondary N) is 2. The Labute approximate surface area is 182 Å². The molecule has 27 heavy (non-hydrogen) atoms. The molecule has 2 N–H and O–H groups in total. The van der Waals surface area contributed by atoms with E-state index >= 15 is 0 Å². The van der Waals surface area contributed by atoms with Crippen LogP contribution in [0.5, 0.6) is 0 Å². The van der Waals surface area contributed by atoms with E-state index in [1.807, 2.05) is 25.5 Å². The minimum absolute atomic E-state index is 0. The summed E-state index contributed by atoms with van der Waals surface area (Å²) < 4.78 is 7.38. The smallest absolute Gasteiger partial charge is 0.191 e. The van der Waals surface area contributed by atoms with Crippen molar-refractivity contribution in [1.29, 1.82) is 0 Å². The molecule has 0 radical (unpaired) electrons. The average Bonchev–Trinajstić information content (AvgIpc) is 2.97. The summed E-state index contributed by atoms with van der Waals surface area (Å²) in [7, 11) is 1.97. The maximum absolute atomic E-state index is 5.40. The molecule has 158 valence electrons. The Hall–Kier alpha value is -0.900. The average molecular weight is 494 g/mol. The highest BCUT2D eigenvalue weighted by Gasteiger charge is 2.09. The van der Waals surface area contributed by atoms with Crippen molar-refractivity contribution in [1.82, 2.24) is 25.4 Å². The second-order valence-electron chi connectivity index (χ2n) is 6.66. The molecule has 7 nitrogen and oxygen atoms in total. The minimum atomic E-state index is 0. The molecule has 1 atom stereocenters. The van der Waals surface area contributed by atoms with Crippen LogP contribution in [0.2, 0.25) is 0 Å². The number of aromatic nitrogens is 3. The van der Waals surface area contributed by atoms with E-state index in [1.165, 1.54) is 25.7 Å². The van der Waals surface area contributed by atoms with Gasteiger partial charge in [0.1, 0.15) is 12.4 Å². The van der Waals surface area contributed by atoms with Crippen LogP contribution in [0.15, 0.2) is 4.99 Å². The number of rotatable bonds is 13. The molecule has 1 rings (SSSR count). The quantitative estimate of drug-likeness (QED) is 0.190. The molecule has 0 amide bonds. The molecule has 0 saturated carbocycles. The number of nitrogens with zero attached hydrogens (tertiary/aromatic N) is 4. The lowest BCUT2D eigenvalue weighted by molar-refractivity contribution is 0.145. The van der Waals surface area contributed by atoms with Crippen LogP contribution in [0.4, 0.5) is 0 Å². The van der Waals surface area contributed by atoms with Crippen molar-refractivity contribution in [3.63, 3.8) is 0 Å². The SMILES string of the molecule is CCCCC(CC)CNC(=NCc1nnc(C)n1C)NCCCOCC.I. The van der Waals surface area contributed by atoms with E-state index in [-0.39, 0.29) is 24.0 Å². The fourth-order valence-electron chi connectivity index (χ4n) is 2.62. The molecule has 0 aliphatic heterocycles. The van der Waals surface area contributed by atoms with Crippen molar-refractivity contribution in [2.24, 2.45) is 18.0 Å². The Morgan fingerprint density at radius 1 is 1.19 bits per heavy atom. The van der Waals surface area contributed by atoms with Gasteiger partial charge in [0.05, 0.1) is 0 Å². The van der Waals surface area contributed by atoms with Crippen molar-refractivity contribution in [2.75, 3.05) is 26.3 Å². The van der Waals surface area contributed by atoms with Gasteiger partial charge in [-0.15, -0.1) is 34.2 Å². The molecule has 1 aromatic rings. The molecular weight excluding hydrogens is 455 g/mol. The van der Waals surface area contributed by atoms with Crippen LogP contribution in [0.3, 0.4) is 0 Å². The van der Waals surface area contributed by atoms with Crippen molar-refractivity contribution in [3.05, 3.63) is 11.6 Å². The molecule has 0 fully saturated rings. The standard InChI is InChI=1S/C19H38N6O.HI/c1-6-9-11-17(7-2)14-21-19(20-12-10-13-26-8-3)22-15-18-24-23-16(4)25(18)5;/h17H,6-15H2,1-5H3,(H2,20,21,22);1H. The van der Waals surface area contributed by atoms with Crippen molar-refractivity contribution in [2.45, 2.75) is 66.3 Å². The van der Waals surface area contributed by atoms with Crippen LogP contribution >= 0.6 is 24.0 Å². The van der Waals surface area contributed by atoms with Gasteiger partial charge in [-0.05, 0) is 32.6 Å². The monoisotopic (exact) mass is 494 g/mol. The van der Waals surface area contributed by atoms with E-state index in [9.17, 15) is 0 Å². The maximum atomic E-state index is 5.40. The van der Waals surface area contributed by atoms with E-state index in [2.05, 4.69) is 34.7 Å². The molecule has 0 spiro atoms. The van der Waals surface area contributed by atoms with Gasteiger partial charge in [-0.2, -0.15) is 0 Å². The van der Waals surface area contributed by atoms with Gasteiger partial charge in [-0.25, -0.2) is 4.99 Å².